The molecule has 5 N–H and O–H groups in total. The minimum Gasteiger partial charge on any atom is -0.480 e. The third kappa shape index (κ3) is 6.95. The van der Waals surface area contributed by atoms with Crippen molar-refractivity contribution >= 4 is 29.6 Å². The first kappa shape index (κ1) is 20.5. The molecule has 0 aromatic carbocycles. The van der Waals surface area contributed by atoms with E-state index in [9.17, 15) is 24.0 Å². The average Bonchev–Trinajstić information content (AvgIpc) is 2.53. The Morgan fingerprint density at radius 1 is 0.792 bits per heavy atom. The van der Waals surface area contributed by atoms with Crippen LogP contribution in [0.15, 0.2) is 0 Å². The van der Waals surface area contributed by atoms with Gasteiger partial charge in [0.2, 0.25) is 5.91 Å². The van der Waals surface area contributed by atoms with E-state index in [2.05, 4.69) is 10.6 Å². The van der Waals surface area contributed by atoms with E-state index in [0.717, 1.165) is 0 Å². The number of carboxylic acids is 1. The molecule has 0 spiro atoms. The van der Waals surface area contributed by atoms with Crippen LogP contribution >= 0.6 is 0 Å². The van der Waals surface area contributed by atoms with E-state index in [4.69, 9.17) is 18.0 Å². The van der Waals surface area contributed by atoms with Crippen LogP contribution in [0.25, 0.3) is 0 Å². The van der Waals surface area contributed by atoms with Crippen molar-refractivity contribution in [2.45, 2.75) is 32.1 Å². The minimum atomic E-state index is -1.61. The molecule has 128 valence electrons. The van der Waals surface area contributed by atoms with Crippen molar-refractivity contribution in [3.8, 4) is 24.7 Å². The van der Waals surface area contributed by atoms with Crippen molar-refractivity contribution < 1.29 is 29.1 Å². The summed E-state index contributed by atoms with van der Waals surface area (Å²) in [6, 6.07) is -2.33. The van der Waals surface area contributed by atoms with E-state index in [-0.39, 0.29) is 0 Å². The molecule has 10 nitrogen and oxygen atoms in total. The molecule has 0 fully saturated rings. The summed E-state index contributed by atoms with van der Waals surface area (Å²) < 4.78 is 0. The number of hydrogen-bond donors (Lipinski definition) is 5. The van der Waals surface area contributed by atoms with Crippen molar-refractivity contribution in [1.29, 1.82) is 0 Å². The molecule has 0 aromatic rings. The Labute approximate surface area is 137 Å². The zero-order valence-electron chi connectivity index (χ0n) is 12.9. The summed E-state index contributed by atoms with van der Waals surface area (Å²) >= 11 is 0. The highest BCUT2D eigenvalue weighted by Gasteiger charge is 2.26. The van der Waals surface area contributed by atoms with Crippen LogP contribution in [0.4, 0.5) is 0 Å². The molecule has 0 aliphatic carbocycles. The number of carbonyl (C=O) groups excluding carboxylic acids is 4. The van der Waals surface area contributed by atoms with Crippen LogP contribution in [0.5, 0.6) is 0 Å². The fourth-order valence-corrected chi connectivity index (χ4v) is 1.28. The Kier molecular flexibility index (Phi) is 8.09. The van der Waals surface area contributed by atoms with E-state index in [1.54, 1.807) is 11.8 Å². The second-order valence-corrected chi connectivity index (χ2v) is 4.47. The van der Waals surface area contributed by atoms with Crippen molar-refractivity contribution in [1.82, 2.24) is 21.3 Å². The molecule has 0 saturated heterocycles. The first-order valence-electron chi connectivity index (χ1n) is 6.50. The lowest BCUT2D eigenvalue weighted by atomic mass is 10.2. The van der Waals surface area contributed by atoms with Crippen LogP contribution in [0.2, 0.25) is 0 Å². The van der Waals surface area contributed by atoms with E-state index >= 15 is 0 Å². The molecule has 0 aliphatic rings. The van der Waals surface area contributed by atoms with Gasteiger partial charge in [-0.15, -0.1) is 12.8 Å². The number of aliphatic carboxylic acids is 1. The van der Waals surface area contributed by atoms with Gasteiger partial charge in [-0.1, -0.05) is 0 Å². The monoisotopic (exact) mass is 336 g/mol. The van der Waals surface area contributed by atoms with Crippen LogP contribution in [0.1, 0.15) is 13.8 Å². The topological polar surface area (TPSA) is 154 Å². The van der Waals surface area contributed by atoms with Crippen molar-refractivity contribution in [2.24, 2.45) is 0 Å². The fourth-order valence-electron chi connectivity index (χ4n) is 1.28. The normalized spacial score (nSPS) is 11.9. The van der Waals surface area contributed by atoms with Gasteiger partial charge in [-0.2, -0.15) is 0 Å². The molecule has 0 bridgehead atoms. The third-order valence-corrected chi connectivity index (χ3v) is 2.56. The maximum Gasteiger partial charge on any atom is 0.325 e. The van der Waals surface area contributed by atoms with Crippen LogP contribution in [0.3, 0.4) is 0 Å². The summed E-state index contributed by atoms with van der Waals surface area (Å²) in [5.74, 6) is -1.66. The second kappa shape index (κ2) is 9.48. The highest BCUT2D eigenvalue weighted by atomic mass is 16.4. The predicted molar refractivity (Wildman–Crippen MR) is 80.6 cm³/mol. The lowest BCUT2D eigenvalue weighted by Gasteiger charge is -2.21. The number of terminal acetylenes is 2. The van der Waals surface area contributed by atoms with E-state index in [1.165, 1.54) is 13.8 Å². The van der Waals surface area contributed by atoms with Crippen molar-refractivity contribution in [2.75, 3.05) is 0 Å². The highest BCUT2D eigenvalue weighted by Crippen LogP contribution is 1.90. The summed E-state index contributed by atoms with van der Waals surface area (Å²) in [5, 5.41) is 17.0. The molecular weight excluding hydrogens is 320 g/mol. The minimum absolute atomic E-state index is 0.788. The van der Waals surface area contributed by atoms with Crippen molar-refractivity contribution in [3.63, 3.8) is 0 Å². The van der Waals surface area contributed by atoms with Gasteiger partial charge < -0.3 is 26.4 Å². The smallest absolute Gasteiger partial charge is 0.325 e. The molecule has 0 saturated carbocycles. The summed E-state index contributed by atoms with van der Waals surface area (Å²) in [6.45, 7) is 2.50. The van der Waals surface area contributed by atoms with Gasteiger partial charge in [0.15, 0.2) is 6.17 Å². The van der Waals surface area contributed by atoms with Crippen LogP contribution in [-0.2, 0) is 24.0 Å². The molecule has 0 aliphatic heterocycles. The van der Waals surface area contributed by atoms with Gasteiger partial charge in [0.1, 0.15) is 12.1 Å². The van der Waals surface area contributed by atoms with Gasteiger partial charge in [-0.05, 0) is 25.7 Å². The third-order valence-electron chi connectivity index (χ3n) is 2.56. The lowest BCUT2D eigenvalue weighted by Crippen LogP contribution is -2.59. The molecule has 0 heterocycles. The first-order valence-corrected chi connectivity index (χ1v) is 6.50. The second-order valence-electron chi connectivity index (χ2n) is 4.47. The summed E-state index contributed by atoms with van der Waals surface area (Å²) in [5.41, 5.74) is 0. The Morgan fingerprint density at radius 2 is 1.21 bits per heavy atom. The number of hydrogen-bond acceptors (Lipinski definition) is 5. The quantitative estimate of drug-likeness (QED) is 0.245. The zero-order chi connectivity index (χ0) is 18.9. The zero-order valence-corrected chi connectivity index (χ0v) is 12.9. The van der Waals surface area contributed by atoms with Gasteiger partial charge in [0, 0.05) is 0 Å². The van der Waals surface area contributed by atoms with E-state index in [1.807, 2.05) is 10.6 Å². The van der Waals surface area contributed by atoms with Gasteiger partial charge in [-0.25, -0.2) is 0 Å². The van der Waals surface area contributed by atoms with Crippen LogP contribution in [-0.4, -0.2) is 53.0 Å². The lowest BCUT2D eigenvalue weighted by molar-refractivity contribution is -0.141. The SMILES string of the molecule is C#CC(=O)NC(NC(=O)C#C)C(=O)N[C@@H](C)C(=O)N[C@@H](C)C(=O)O. The number of carbonyl (C=O) groups is 5. The highest BCUT2D eigenvalue weighted by molar-refractivity contribution is 6.01. The Hall–Kier alpha value is -3.53. The molecule has 0 rings (SSSR count). The maximum absolute atomic E-state index is 12.0. The van der Waals surface area contributed by atoms with Gasteiger partial charge >= 0.3 is 5.97 Å². The molecule has 0 unspecified atom stereocenters. The standard InChI is InChI=1S/C14H16N4O6/c1-5-9(19)17-11(18-10(20)6-2)13(22)15-7(3)12(21)16-8(4)14(23)24/h1-2,7-8,11H,3-4H3,(H,15,22)(H,16,21)(H,17,19)(H,18,20)(H,23,24)/t7-,8-/m0/s1. The predicted octanol–water partition coefficient (Wildman–Crippen LogP) is -3.09. The molecule has 24 heavy (non-hydrogen) atoms. The molecule has 2 atom stereocenters. The van der Waals surface area contributed by atoms with Crippen LogP contribution in [0, 0.1) is 24.7 Å². The molecule has 0 aromatic heterocycles. The molecular formula is C14H16N4O6. The fraction of sp³-hybridized carbons (Fsp3) is 0.357. The number of carboxylic acid groups (broad SMARTS) is 1. The largest absolute Gasteiger partial charge is 0.480 e. The molecule has 0 radical (unpaired) electrons. The van der Waals surface area contributed by atoms with Gasteiger partial charge in [0.25, 0.3) is 17.7 Å². The Morgan fingerprint density at radius 3 is 1.58 bits per heavy atom. The first-order chi connectivity index (χ1) is 11.1. The summed E-state index contributed by atoms with van der Waals surface area (Å²) in [7, 11) is 0. The Bertz CT molecular complexity index is 602. The number of amides is 4. The van der Waals surface area contributed by atoms with E-state index in [0.29, 0.717) is 0 Å². The van der Waals surface area contributed by atoms with Crippen LogP contribution < -0.4 is 21.3 Å². The average molecular weight is 336 g/mol. The van der Waals surface area contributed by atoms with Gasteiger partial charge in [0.05, 0.1) is 0 Å². The number of nitrogens with one attached hydrogen (secondary N) is 4. The molecule has 10 heteroatoms. The van der Waals surface area contributed by atoms with Gasteiger partial charge in [-0.3, -0.25) is 24.0 Å². The maximum atomic E-state index is 12.0. The number of rotatable bonds is 7. The summed E-state index contributed by atoms with van der Waals surface area (Å²) in [6.07, 6.45) is 8.09. The van der Waals surface area contributed by atoms with Crippen molar-refractivity contribution in [3.05, 3.63) is 0 Å². The summed E-state index contributed by atoms with van der Waals surface area (Å²) in [4.78, 5) is 56.7. The Balaban J connectivity index is 4.91. The van der Waals surface area contributed by atoms with E-state index < -0.39 is 47.8 Å². The molecule has 4 amide bonds.